The number of carboxylic acid groups (broad SMARTS) is 1. The first kappa shape index (κ1) is 13.3. The molecule has 2 atom stereocenters. The van der Waals surface area contributed by atoms with Crippen molar-refractivity contribution < 1.29 is 14.7 Å². The number of aliphatic carboxylic acids is 1. The van der Waals surface area contributed by atoms with Gasteiger partial charge >= 0.3 is 5.97 Å². The summed E-state index contributed by atoms with van der Waals surface area (Å²) in [6, 6.07) is -0.793. The summed E-state index contributed by atoms with van der Waals surface area (Å²) in [6.45, 7) is 4.13. The molecule has 1 saturated heterocycles. The molecule has 1 aliphatic heterocycles. The summed E-state index contributed by atoms with van der Waals surface area (Å²) in [6.07, 6.45) is 0.259. The highest BCUT2D eigenvalue weighted by Gasteiger charge is 2.38. The Kier molecular flexibility index (Phi) is 4.34. The van der Waals surface area contributed by atoms with Gasteiger partial charge in [0.1, 0.15) is 6.04 Å². The number of carbonyl (C=O) groups is 2. The molecule has 1 amide bonds. The second-order valence-corrected chi connectivity index (χ2v) is 4.56. The Hall–Kier alpha value is -1.75. The van der Waals surface area contributed by atoms with E-state index >= 15 is 0 Å². The molecule has 0 aromatic carbocycles. The van der Waals surface area contributed by atoms with E-state index in [1.165, 1.54) is 4.90 Å². The average molecular weight is 240 g/mol. The van der Waals surface area contributed by atoms with Crippen molar-refractivity contribution in [2.24, 2.45) is 17.0 Å². The van der Waals surface area contributed by atoms with Gasteiger partial charge in [0.25, 0.3) is 0 Å². The van der Waals surface area contributed by atoms with Crippen LogP contribution in [0, 0.1) is 11.8 Å². The second kappa shape index (κ2) is 5.54. The number of likely N-dealkylation sites (tertiary alicyclic amines) is 1. The predicted octanol–water partition coefficient (Wildman–Crippen LogP) is 1.25. The largest absolute Gasteiger partial charge is 0.480 e. The van der Waals surface area contributed by atoms with Crippen molar-refractivity contribution in [3.63, 3.8) is 0 Å². The van der Waals surface area contributed by atoms with Crippen LogP contribution in [0.2, 0.25) is 0 Å². The van der Waals surface area contributed by atoms with E-state index in [0.29, 0.717) is 6.54 Å². The van der Waals surface area contributed by atoms with E-state index in [1.807, 2.05) is 0 Å². The molecule has 1 fully saturated rings. The third-order valence-corrected chi connectivity index (χ3v) is 2.86. The molecule has 1 rings (SSSR count). The molecule has 0 aliphatic carbocycles. The lowest BCUT2D eigenvalue weighted by Gasteiger charge is -2.27. The Morgan fingerprint density at radius 3 is 2.82 bits per heavy atom. The summed E-state index contributed by atoms with van der Waals surface area (Å²) in [7, 11) is 0. The van der Waals surface area contributed by atoms with Crippen LogP contribution in [0.1, 0.15) is 20.3 Å². The number of hydrogen-bond acceptors (Lipinski definition) is 3. The molecule has 0 aromatic rings. The van der Waals surface area contributed by atoms with Crippen molar-refractivity contribution in [1.82, 2.24) is 4.90 Å². The van der Waals surface area contributed by atoms with E-state index in [2.05, 4.69) is 10.0 Å². The van der Waals surface area contributed by atoms with Crippen molar-refractivity contribution in [3.8, 4) is 0 Å². The highest BCUT2D eigenvalue weighted by molar-refractivity contribution is 5.85. The zero-order valence-corrected chi connectivity index (χ0v) is 9.91. The summed E-state index contributed by atoms with van der Waals surface area (Å²) >= 11 is 0. The molecule has 0 radical (unpaired) electrons. The number of azide groups is 1. The Morgan fingerprint density at radius 1 is 1.71 bits per heavy atom. The molecular formula is C10H16N4O3. The normalized spacial score (nSPS) is 21.5. The van der Waals surface area contributed by atoms with Crippen LogP contribution < -0.4 is 0 Å². The van der Waals surface area contributed by atoms with Gasteiger partial charge in [-0.25, -0.2) is 4.79 Å². The summed E-state index contributed by atoms with van der Waals surface area (Å²) in [5.74, 6) is -1.38. The quantitative estimate of drug-likeness (QED) is 0.444. The molecular weight excluding hydrogens is 224 g/mol. The summed E-state index contributed by atoms with van der Waals surface area (Å²) < 4.78 is 0. The lowest BCUT2D eigenvalue weighted by Crippen LogP contribution is -2.45. The van der Waals surface area contributed by atoms with Crippen molar-refractivity contribution >= 4 is 11.9 Å². The first-order valence-electron chi connectivity index (χ1n) is 5.50. The van der Waals surface area contributed by atoms with E-state index in [4.69, 9.17) is 10.6 Å². The van der Waals surface area contributed by atoms with Crippen molar-refractivity contribution in [2.75, 3.05) is 13.1 Å². The fourth-order valence-corrected chi connectivity index (χ4v) is 2.13. The third-order valence-electron chi connectivity index (χ3n) is 2.86. The van der Waals surface area contributed by atoms with Crippen LogP contribution in [-0.4, -0.2) is 41.0 Å². The summed E-state index contributed by atoms with van der Waals surface area (Å²) in [4.78, 5) is 26.9. The van der Waals surface area contributed by atoms with E-state index in [0.717, 1.165) is 0 Å². The Bertz CT molecular complexity index is 363. The second-order valence-electron chi connectivity index (χ2n) is 4.56. The molecule has 0 saturated carbocycles. The van der Waals surface area contributed by atoms with E-state index in [-0.39, 0.29) is 30.7 Å². The number of nitrogens with zero attached hydrogens (tertiary/aromatic N) is 4. The van der Waals surface area contributed by atoms with Gasteiger partial charge in [0, 0.05) is 24.4 Å². The fraction of sp³-hybridized carbons (Fsp3) is 0.800. The average Bonchev–Trinajstić information content (AvgIpc) is 2.56. The van der Waals surface area contributed by atoms with Crippen LogP contribution >= 0.6 is 0 Å². The van der Waals surface area contributed by atoms with Gasteiger partial charge in [0.05, 0.1) is 0 Å². The monoisotopic (exact) mass is 240 g/mol. The molecule has 1 N–H and O–H groups in total. The highest BCUT2D eigenvalue weighted by atomic mass is 16.4. The molecule has 0 bridgehead atoms. The van der Waals surface area contributed by atoms with Gasteiger partial charge in [-0.2, -0.15) is 0 Å². The lowest BCUT2D eigenvalue weighted by molar-refractivity contribution is -0.150. The zero-order chi connectivity index (χ0) is 13.0. The van der Waals surface area contributed by atoms with Crippen LogP contribution in [0.15, 0.2) is 5.11 Å². The number of carboxylic acids is 1. The lowest BCUT2D eigenvalue weighted by atomic mass is 10.0. The molecule has 7 nitrogen and oxygen atoms in total. The summed E-state index contributed by atoms with van der Waals surface area (Å²) in [5, 5.41) is 12.5. The van der Waals surface area contributed by atoms with Gasteiger partial charge in [-0.3, -0.25) is 4.79 Å². The van der Waals surface area contributed by atoms with Crippen LogP contribution in [0.25, 0.3) is 10.4 Å². The van der Waals surface area contributed by atoms with Gasteiger partial charge in [0.2, 0.25) is 5.91 Å². The van der Waals surface area contributed by atoms with Crippen LogP contribution in [-0.2, 0) is 9.59 Å². The molecule has 1 heterocycles. The standard InChI is InChI=1S/C10H16N4O3/c1-6(2)9(10(16)17)14-5-7(3-8(14)15)4-12-13-11/h6-7,9H,3-5H2,1-2H3,(H,16,17). The van der Waals surface area contributed by atoms with Crippen LogP contribution in [0.3, 0.4) is 0 Å². The highest BCUT2D eigenvalue weighted by Crippen LogP contribution is 2.24. The number of rotatable bonds is 5. The minimum Gasteiger partial charge on any atom is -0.480 e. The maximum atomic E-state index is 11.7. The number of carbonyl (C=O) groups excluding carboxylic acids is 1. The molecule has 1 aliphatic rings. The maximum Gasteiger partial charge on any atom is 0.326 e. The van der Waals surface area contributed by atoms with Gasteiger partial charge in [-0.05, 0) is 17.4 Å². The molecule has 17 heavy (non-hydrogen) atoms. The molecule has 94 valence electrons. The van der Waals surface area contributed by atoms with Crippen molar-refractivity contribution in [1.29, 1.82) is 0 Å². The van der Waals surface area contributed by atoms with Gasteiger partial charge < -0.3 is 10.0 Å². The fourth-order valence-electron chi connectivity index (χ4n) is 2.13. The number of amides is 1. The zero-order valence-electron chi connectivity index (χ0n) is 9.91. The third kappa shape index (κ3) is 3.10. The van der Waals surface area contributed by atoms with Crippen LogP contribution in [0.4, 0.5) is 0 Å². The molecule has 0 aromatic heterocycles. The van der Waals surface area contributed by atoms with Crippen LogP contribution in [0.5, 0.6) is 0 Å². The van der Waals surface area contributed by atoms with Gasteiger partial charge in [0.15, 0.2) is 0 Å². The molecule has 0 spiro atoms. The summed E-state index contributed by atoms with van der Waals surface area (Å²) in [5.41, 5.74) is 8.21. The smallest absolute Gasteiger partial charge is 0.326 e. The van der Waals surface area contributed by atoms with Gasteiger partial charge in [-0.15, -0.1) is 0 Å². The van der Waals surface area contributed by atoms with Gasteiger partial charge in [-0.1, -0.05) is 19.0 Å². The van der Waals surface area contributed by atoms with E-state index < -0.39 is 12.0 Å². The minimum absolute atomic E-state index is 0.0704. The van der Waals surface area contributed by atoms with Crippen molar-refractivity contribution in [2.45, 2.75) is 26.3 Å². The maximum absolute atomic E-state index is 11.7. The first-order chi connectivity index (χ1) is 7.97. The number of hydrogen-bond donors (Lipinski definition) is 1. The minimum atomic E-state index is -0.988. The molecule has 7 heteroatoms. The topological polar surface area (TPSA) is 106 Å². The van der Waals surface area contributed by atoms with E-state index in [1.54, 1.807) is 13.8 Å². The molecule has 2 unspecified atom stereocenters. The van der Waals surface area contributed by atoms with E-state index in [9.17, 15) is 9.59 Å². The predicted molar refractivity (Wildman–Crippen MR) is 60.1 cm³/mol. The Balaban J connectivity index is 2.74. The Morgan fingerprint density at radius 2 is 2.35 bits per heavy atom. The Labute approximate surface area is 99.0 Å². The van der Waals surface area contributed by atoms with Crippen molar-refractivity contribution in [3.05, 3.63) is 10.4 Å². The first-order valence-corrected chi connectivity index (χ1v) is 5.50. The SMILES string of the molecule is CC(C)C(C(=O)O)N1CC(CN=[N+]=[N-])CC1=O.